The molecule has 1 fully saturated rings. The fraction of sp³-hybridized carbons (Fsp3) is 0.308. The summed E-state index contributed by atoms with van der Waals surface area (Å²) in [7, 11) is 0. The maximum absolute atomic E-state index is 3.98. The van der Waals surface area contributed by atoms with E-state index < -0.39 is 0 Å². The molecule has 4 heteroatoms. The van der Waals surface area contributed by atoms with Gasteiger partial charge in [0, 0.05) is 30.0 Å². The number of rotatable bonds is 3. The molecule has 0 amide bonds. The molecular formula is C13H16N4. The van der Waals surface area contributed by atoms with Crippen LogP contribution in [-0.2, 0) is 0 Å². The van der Waals surface area contributed by atoms with Crippen LogP contribution in [0.25, 0.3) is 11.3 Å². The Balaban J connectivity index is 1.79. The summed E-state index contributed by atoms with van der Waals surface area (Å²) in [6.07, 6.45) is 2.96. The highest BCUT2D eigenvalue weighted by Crippen LogP contribution is 2.21. The summed E-state index contributed by atoms with van der Waals surface area (Å²) in [6, 6.07) is 11.0. The van der Waals surface area contributed by atoms with Crippen LogP contribution in [0, 0.1) is 0 Å². The lowest BCUT2D eigenvalue weighted by atomic mass is 10.1. The monoisotopic (exact) mass is 228 g/mol. The summed E-state index contributed by atoms with van der Waals surface area (Å²) in [6.45, 7) is 2.16. The molecule has 2 heterocycles. The summed E-state index contributed by atoms with van der Waals surface area (Å²) < 4.78 is 0. The molecule has 1 unspecified atom stereocenters. The molecule has 3 rings (SSSR count). The Morgan fingerprint density at radius 2 is 2.29 bits per heavy atom. The summed E-state index contributed by atoms with van der Waals surface area (Å²) in [5, 5.41) is 13.9. The van der Waals surface area contributed by atoms with E-state index in [-0.39, 0.29) is 0 Å². The van der Waals surface area contributed by atoms with Gasteiger partial charge in [0.1, 0.15) is 0 Å². The third kappa shape index (κ3) is 2.31. The molecule has 3 N–H and O–H groups in total. The topological polar surface area (TPSA) is 52.7 Å². The van der Waals surface area contributed by atoms with Crippen molar-refractivity contribution in [3.63, 3.8) is 0 Å². The van der Waals surface area contributed by atoms with Crippen LogP contribution in [0.1, 0.15) is 6.42 Å². The van der Waals surface area contributed by atoms with Crippen LogP contribution in [-0.4, -0.2) is 29.3 Å². The second-order valence-corrected chi connectivity index (χ2v) is 4.39. The zero-order chi connectivity index (χ0) is 11.5. The van der Waals surface area contributed by atoms with Gasteiger partial charge in [-0.3, -0.25) is 5.10 Å². The van der Waals surface area contributed by atoms with Gasteiger partial charge in [-0.05, 0) is 31.2 Å². The van der Waals surface area contributed by atoms with Crippen molar-refractivity contribution in [2.45, 2.75) is 12.5 Å². The number of hydrogen-bond acceptors (Lipinski definition) is 3. The van der Waals surface area contributed by atoms with Gasteiger partial charge in [0.2, 0.25) is 0 Å². The molecule has 0 bridgehead atoms. The van der Waals surface area contributed by atoms with E-state index in [1.165, 1.54) is 17.7 Å². The highest BCUT2D eigenvalue weighted by molar-refractivity contribution is 5.64. The molecule has 1 aromatic carbocycles. The Labute approximate surface area is 100 Å². The lowest BCUT2D eigenvalue weighted by molar-refractivity contribution is 0.793. The predicted octanol–water partition coefficient (Wildman–Crippen LogP) is 1.85. The maximum Gasteiger partial charge on any atom is 0.0650 e. The van der Waals surface area contributed by atoms with E-state index in [4.69, 9.17) is 0 Å². The Kier molecular flexibility index (Phi) is 2.80. The standard InChI is InChI=1S/C13H16N4/c1-2-10(13-5-7-15-17-13)8-11(3-1)16-12-4-6-14-9-12/h1-3,5,7-8,12,14,16H,4,6,9H2,(H,15,17). The first-order chi connectivity index (χ1) is 8.42. The van der Waals surface area contributed by atoms with Crippen molar-refractivity contribution in [2.24, 2.45) is 0 Å². The molecule has 1 saturated heterocycles. The van der Waals surface area contributed by atoms with Crippen LogP contribution >= 0.6 is 0 Å². The lowest BCUT2D eigenvalue weighted by Gasteiger charge is -2.13. The minimum Gasteiger partial charge on any atom is -0.381 e. The van der Waals surface area contributed by atoms with Gasteiger partial charge in [0.05, 0.1) is 5.69 Å². The first-order valence-electron chi connectivity index (χ1n) is 5.99. The number of nitrogens with zero attached hydrogens (tertiary/aromatic N) is 1. The Morgan fingerprint density at radius 1 is 1.29 bits per heavy atom. The number of anilines is 1. The fourth-order valence-electron chi connectivity index (χ4n) is 2.21. The van der Waals surface area contributed by atoms with E-state index in [1.807, 2.05) is 6.07 Å². The minimum atomic E-state index is 0.548. The summed E-state index contributed by atoms with van der Waals surface area (Å²) in [4.78, 5) is 0. The molecule has 0 spiro atoms. The molecule has 1 aromatic heterocycles. The minimum absolute atomic E-state index is 0.548. The van der Waals surface area contributed by atoms with E-state index in [0.29, 0.717) is 6.04 Å². The molecule has 1 aliphatic rings. The number of aromatic nitrogens is 2. The van der Waals surface area contributed by atoms with E-state index >= 15 is 0 Å². The third-order valence-corrected chi connectivity index (χ3v) is 3.11. The molecule has 2 aromatic rings. The van der Waals surface area contributed by atoms with Crippen molar-refractivity contribution in [3.05, 3.63) is 36.5 Å². The lowest BCUT2D eigenvalue weighted by Crippen LogP contribution is -2.21. The number of hydrogen-bond donors (Lipinski definition) is 3. The average Bonchev–Trinajstić information content (AvgIpc) is 3.01. The first-order valence-corrected chi connectivity index (χ1v) is 5.99. The molecule has 0 aliphatic carbocycles. The van der Waals surface area contributed by atoms with Crippen LogP contribution < -0.4 is 10.6 Å². The van der Waals surface area contributed by atoms with E-state index in [0.717, 1.165) is 18.8 Å². The van der Waals surface area contributed by atoms with Crippen molar-refractivity contribution >= 4 is 5.69 Å². The molecule has 0 saturated carbocycles. The van der Waals surface area contributed by atoms with Gasteiger partial charge in [0.15, 0.2) is 0 Å². The molecule has 1 aliphatic heterocycles. The number of H-pyrrole nitrogens is 1. The Hall–Kier alpha value is -1.81. The second kappa shape index (κ2) is 4.59. The summed E-state index contributed by atoms with van der Waals surface area (Å²) in [5.41, 5.74) is 3.39. The predicted molar refractivity (Wildman–Crippen MR) is 68.9 cm³/mol. The molecule has 1 atom stereocenters. The number of benzene rings is 1. The molecule has 0 radical (unpaired) electrons. The second-order valence-electron chi connectivity index (χ2n) is 4.39. The van der Waals surface area contributed by atoms with Crippen LogP contribution in [0.15, 0.2) is 36.5 Å². The smallest absolute Gasteiger partial charge is 0.0650 e. The molecular weight excluding hydrogens is 212 g/mol. The van der Waals surface area contributed by atoms with Crippen LogP contribution in [0.4, 0.5) is 5.69 Å². The molecule has 4 nitrogen and oxygen atoms in total. The maximum atomic E-state index is 3.98. The zero-order valence-corrected chi connectivity index (χ0v) is 9.61. The summed E-state index contributed by atoms with van der Waals surface area (Å²) >= 11 is 0. The van der Waals surface area contributed by atoms with Crippen molar-refractivity contribution in [3.8, 4) is 11.3 Å². The van der Waals surface area contributed by atoms with Crippen LogP contribution in [0.3, 0.4) is 0 Å². The van der Waals surface area contributed by atoms with E-state index in [2.05, 4.69) is 45.1 Å². The number of nitrogens with one attached hydrogen (secondary N) is 3. The van der Waals surface area contributed by atoms with Crippen LogP contribution in [0.2, 0.25) is 0 Å². The SMILES string of the molecule is c1cc(NC2CCNC2)cc(-c2ccn[nH]2)c1. The highest BCUT2D eigenvalue weighted by atomic mass is 15.1. The quantitative estimate of drug-likeness (QED) is 0.751. The van der Waals surface area contributed by atoms with Gasteiger partial charge in [0.25, 0.3) is 0 Å². The average molecular weight is 228 g/mol. The van der Waals surface area contributed by atoms with Gasteiger partial charge in [-0.15, -0.1) is 0 Å². The highest BCUT2D eigenvalue weighted by Gasteiger charge is 2.13. The third-order valence-electron chi connectivity index (χ3n) is 3.11. The van der Waals surface area contributed by atoms with Gasteiger partial charge in [-0.2, -0.15) is 5.10 Å². The first kappa shape index (κ1) is 10.4. The van der Waals surface area contributed by atoms with Gasteiger partial charge < -0.3 is 10.6 Å². The summed E-state index contributed by atoms with van der Waals surface area (Å²) in [5.74, 6) is 0. The number of aromatic amines is 1. The van der Waals surface area contributed by atoms with Gasteiger partial charge in [-0.25, -0.2) is 0 Å². The Bertz CT molecular complexity index is 472. The normalized spacial score (nSPS) is 19.4. The largest absolute Gasteiger partial charge is 0.381 e. The molecule has 88 valence electrons. The van der Waals surface area contributed by atoms with Gasteiger partial charge >= 0.3 is 0 Å². The molecule has 17 heavy (non-hydrogen) atoms. The zero-order valence-electron chi connectivity index (χ0n) is 9.61. The van der Waals surface area contributed by atoms with Crippen molar-refractivity contribution in [2.75, 3.05) is 18.4 Å². The van der Waals surface area contributed by atoms with Crippen molar-refractivity contribution in [1.82, 2.24) is 15.5 Å². The van der Waals surface area contributed by atoms with E-state index in [1.54, 1.807) is 6.20 Å². The Morgan fingerprint density at radius 3 is 3.06 bits per heavy atom. The van der Waals surface area contributed by atoms with Crippen molar-refractivity contribution in [1.29, 1.82) is 0 Å². The van der Waals surface area contributed by atoms with Crippen molar-refractivity contribution < 1.29 is 0 Å². The van der Waals surface area contributed by atoms with E-state index in [9.17, 15) is 0 Å². The van der Waals surface area contributed by atoms with Gasteiger partial charge in [-0.1, -0.05) is 12.1 Å². The van der Waals surface area contributed by atoms with Crippen LogP contribution in [0.5, 0.6) is 0 Å². The fourth-order valence-corrected chi connectivity index (χ4v) is 2.21.